The summed E-state index contributed by atoms with van der Waals surface area (Å²) in [5, 5.41) is 2.75. The lowest BCUT2D eigenvalue weighted by Gasteiger charge is -2.22. The molecule has 84 valence electrons. The maximum absolute atomic E-state index is 2.36. The van der Waals surface area contributed by atoms with Crippen molar-refractivity contribution in [3.8, 4) is 0 Å². The second kappa shape index (κ2) is 3.86. The largest absolute Gasteiger partial charge is 1.00 e. The highest BCUT2D eigenvalue weighted by Crippen LogP contribution is 2.30. The van der Waals surface area contributed by atoms with E-state index >= 15 is 0 Å². The van der Waals surface area contributed by atoms with Crippen molar-refractivity contribution in [1.82, 2.24) is 0 Å². The van der Waals surface area contributed by atoms with E-state index in [1.807, 2.05) is 0 Å². The molecule has 0 saturated carbocycles. The van der Waals surface area contributed by atoms with Crippen molar-refractivity contribution in [3.63, 3.8) is 0 Å². The number of fused-ring (bicyclic) bond motifs is 2. The van der Waals surface area contributed by atoms with Crippen LogP contribution in [0.3, 0.4) is 0 Å². The van der Waals surface area contributed by atoms with Crippen molar-refractivity contribution >= 4 is 10.8 Å². The van der Waals surface area contributed by atoms with Crippen LogP contribution in [0, 0.1) is 0 Å². The Morgan fingerprint density at radius 3 is 1.75 bits per heavy atom. The first-order valence-corrected chi connectivity index (χ1v) is 5.47. The monoisotopic (exact) mass is 277 g/mol. The second-order valence-electron chi connectivity index (χ2n) is 5.22. The molecule has 0 amide bonds. The molecule has 2 aromatic carbocycles. The van der Waals surface area contributed by atoms with Gasteiger partial charge in [-0.05, 0) is 22.9 Å². The Kier molecular flexibility index (Phi) is 2.81. The fourth-order valence-electron chi connectivity index (χ4n) is 2.61. The number of hydrogen-bond acceptors (Lipinski definition) is 0. The summed E-state index contributed by atoms with van der Waals surface area (Å²) in [6.45, 7) is 2.33. The average Bonchev–Trinajstić information content (AvgIpc) is 2.46. The van der Waals surface area contributed by atoms with Gasteiger partial charge >= 0.3 is 0 Å². The van der Waals surface area contributed by atoms with Gasteiger partial charge in [0.15, 0.2) is 0 Å². The molecule has 2 aromatic rings. The SMILES string of the molecule is C[N+]1(C)Cc2cc3ccccc3cc2C1.[Br-]. The maximum atomic E-state index is 2.36. The first kappa shape index (κ1) is 11.6. The molecule has 0 radical (unpaired) electrons. The van der Waals surface area contributed by atoms with Crippen LogP contribution in [0.5, 0.6) is 0 Å². The Labute approximate surface area is 107 Å². The Morgan fingerprint density at radius 1 is 0.875 bits per heavy atom. The van der Waals surface area contributed by atoms with Crippen LogP contribution in [0.25, 0.3) is 10.8 Å². The lowest BCUT2D eigenvalue weighted by molar-refractivity contribution is -0.910. The number of hydrogen-bond donors (Lipinski definition) is 0. The van der Waals surface area contributed by atoms with E-state index in [0.29, 0.717) is 0 Å². The molecule has 16 heavy (non-hydrogen) atoms. The van der Waals surface area contributed by atoms with Gasteiger partial charge in [-0.25, -0.2) is 0 Å². The number of nitrogens with zero attached hydrogens (tertiary/aromatic N) is 1. The Hall–Kier alpha value is -0.860. The van der Waals surface area contributed by atoms with E-state index in [4.69, 9.17) is 0 Å². The van der Waals surface area contributed by atoms with E-state index in [0.717, 1.165) is 4.48 Å². The third kappa shape index (κ3) is 1.87. The molecular weight excluding hydrogens is 262 g/mol. The summed E-state index contributed by atoms with van der Waals surface area (Å²) in [6, 6.07) is 13.4. The fraction of sp³-hybridized carbons (Fsp3) is 0.286. The number of rotatable bonds is 0. The smallest absolute Gasteiger partial charge is 0.105 e. The molecule has 0 atom stereocenters. The van der Waals surface area contributed by atoms with Crippen molar-refractivity contribution in [1.29, 1.82) is 0 Å². The highest BCUT2D eigenvalue weighted by molar-refractivity contribution is 5.84. The van der Waals surface area contributed by atoms with Crippen molar-refractivity contribution in [3.05, 3.63) is 47.5 Å². The molecule has 0 bridgehead atoms. The molecule has 1 nitrogen and oxygen atoms in total. The molecule has 0 N–H and O–H groups in total. The van der Waals surface area contributed by atoms with Gasteiger partial charge in [0.1, 0.15) is 13.1 Å². The van der Waals surface area contributed by atoms with Crippen LogP contribution in [0.1, 0.15) is 11.1 Å². The van der Waals surface area contributed by atoms with Gasteiger partial charge in [-0.15, -0.1) is 0 Å². The van der Waals surface area contributed by atoms with Gasteiger partial charge < -0.3 is 21.5 Å². The molecule has 2 heteroatoms. The van der Waals surface area contributed by atoms with Gasteiger partial charge in [-0.3, -0.25) is 0 Å². The summed E-state index contributed by atoms with van der Waals surface area (Å²) in [6.07, 6.45) is 0. The third-order valence-electron chi connectivity index (χ3n) is 3.26. The lowest BCUT2D eigenvalue weighted by Crippen LogP contribution is -3.00. The van der Waals surface area contributed by atoms with Crippen LogP contribution in [-0.4, -0.2) is 18.6 Å². The molecule has 0 saturated heterocycles. The van der Waals surface area contributed by atoms with Crippen LogP contribution >= 0.6 is 0 Å². The number of halogens is 1. The average molecular weight is 278 g/mol. The molecule has 1 aliphatic rings. The second-order valence-corrected chi connectivity index (χ2v) is 5.22. The zero-order chi connectivity index (χ0) is 10.5. The Morgan fingerprint density at radius 2 is 1.31 bits per heavy atom. The van der Waals surface area contributed by atoms with Crippen LogP contribution in [0.4, 0.5) is 0 Å². The Balaban J connectivity index is 0.000000963. The summed E-state index contributed by atoms with van der Waals surface area (Å²) >= 11 is 0. The minimum Gasteiger partial charge on any atom is -1.00 e. The van der Waals surface area contributed by atoms with E-state index in [9.17, 15) is 0 Å². The first-order chi connectivity index (χ1) is 7.14. The van der Waals surface area contributed by atoms with Crippen LogP contribution < -0.4 is 17.0 Å². The standard InChI is InChI=1S/C14H16N.BrH/c1-15(2)9-13-7-11-5-3-4-6-12(11)8-14(13)10-15;/h3-8H,9-10H2,1-2H3;1H/q+1;/p-1. The summed E-state index contributed by atoms with van der Waals surface area (Å²) < 4.78 is 1.09. The molecule has 0 aliphatic carbocycles. The normalized spacial score (nSPS) is 16.9. The molecular formula is C14H16BrN. The number of benzene rings is 2. The molecule has 1 heterocycles. The molecule has 0 fully saturated rings. The number of quaternary nitrogens is 1. The van der Waals surface area contributed by atoms with E-state index < -0.39 is 0 Å². The van der Waals surface area contributed by atoms with Gasteiger partial charge in [-0.2, -0.15) is 0 Å². The van der Waals surface area contributed by atoms with Crippen LogP contribution in [0.15, 0.2) is 36.4 Å². The minimum absolute atomic E-state index is 0. The van der Waals surface area contributed by atoms with Crippen molar-refractivity contribution in [2.45, 2.75) is 13.1 Å². The van der Waals surface area contributed by atoms with Crippen LogP contribution in [-0.2, 0) is 13.1 Å². The molecule has 0 unspecified atom stereocenters. The van der Waals surface area contributed by atoms with E-state index in [2.05, 4.69) is 50.5 Å². The highest BCUT2D eigenvalue weighted by Gasteiger charge is 2.27. The first-order valence-electron chi connectivity index (χ1n) is 5.47. The van der Waals surface area contributed by atoms with Gasteiger partial charge in [0.25, 0.3) is 0 Å². The predicted octanol–water partition coefficient (Wildman–Crippen LogP) is -0.0662. The van der Waals surface area contributed by atoms with Crippen molar-refractivity contribution in [2.24, 2.45) is 0 Å². The molecule has 0 aromatic heterocycles. The van der Waals surface area contributed by atoms with E-state index in [-0.39, 0.29) is 17.0 Å². The van der Waals surface area contributed by atoms with Crippen molar-refractivity contribution in [2.75, 3.05) is 14.1 Å². The zero-order valence-electron chi connectivity index (χ0n) is 9.70. The summed E-state index contributed by atoms with van der Waals surface area (Å²) in [7, 11) is 4.59. The van der Waals surface area contributed by atoms with Crippen molar-refractivity contribution < 1.29 is 21.5 Å². The van der Waals surface area contributed by atoms with E-state index in [1.54, 1.807) is 0 Å². The summed E-state index contributed by atoms with van der Waals surface area (Å²) in [4.78, 5) is 0. The summed E-state index contributed by atoms with van der Waals surface area (Å²) in [5.74, 6) is 0. The zero-order valence-corrected chi connectivity index (χ0v) is 11.3. The lowest BCUT2D eigenvalue weighted by atomic mass is 10.0. The molecule has 3 rings (SSSR count). The molecule has 1 aliphatic heterocycles. The third-order valence-corrected chi connectivity index (χ3v) is 3.26. The minimum atomic E-state index is 0. The van der Waals surface area contributed by atoms with E-state index in [1.165, 1.54) is 35.0 Å². The predicted molar refractivity (Wildman–Crippen MR) is 63.5 cm³/mol. The fourth-order valence-corrected chi connectivity index (χ4v) is 2.61. The highest BCUT2D eigenvalue weighted by atomic mass is 79.9. The summed E-state index contributed by atoms with van der Waals surface area (Å²) in [5.41, 5.74) is 3.05. The van der Waals surface area contributed by atoms with Gasteiger partial charge in [0, 0.05) is 11.1 Å². The maximum Gasteiger partial charge on any atom is 0.105 e. The van der Waals surface area contributed by atoms with Gasteiger partial charge in [-0.1, -0.05) is 24.3 Å². The van der Waals surface area contributed by atoms with Gasteiger partial charge in [0.05, 0.1) is 14.1 Å². The molecule has 0 spiro atoms. The Bertz CT molecular complexity index is 485. The topological polar surface area (TPSA) is 0 Å². The van der Waals surface area contributed by atoms with Gasteiger partial charge in [0.2, 0.25) is 0 Å². The van der Waals surface area contributed by atoms with Crippen LogP contribution in [0.2, 0.25) is 0 Å². The quantitative estimate of drug-likeness (QED) is 0.592.